The van der Waals surface area contributed by atoms with Gasteiger partial charge in [-0.2, -0.15) is 0 Å². The van der Waals surface area contributed by atoms with Gasteiger partial charge in [0.15, 0.2) is 6.10 Å². The van der Waals surface area contributed by atoms with Gasteiger partial charge < -0.3 is 14.5 Å². The lowest BCUT2D eigenvalue weighted by Crippen LogP contribution is -2.24. The molecule has 0 unspecified atom stereocenters. The van der Waals surface area contributed by atoms with Crippen molar-refractivity contribution in [1.82, 2.24) is 0 Å². The third kappa shape index (κ3) is 4.50. The summed E-state index contributed by atoms with van der Waals surface area (Å²) in [7, 11) is 0. The van der Waals surface area contributed by atoms with Gasteiger partial charge in [-0.05, 0) is 37.3 Å². The Kier molecular flexibility index (Phi) is 5.28. The molecule has 0 saturated carbocycles. The lowest BCUT2D eigenvalue weighted by atomic mass is 10.1. The first-order valence-electron chi connectivity index (χ1n) is 7.15. The fraction of sp³-hybridized carbons (Fsp3) is 0.188. The van der Waals surface area contributed by atoms with Crippen LogP contribution >= 0.6 is 0 Å². The fourth-order valence-corrected chi connectivity index (χ4v) is 1.96. The van der Waals surface area contributed by atoms with Gasteiger partial charge in [0.25, 0.3) is 0 Å². The summed E-state index contributed by atoms with van der Waals surface area (Å²) in [6.45, 7) is 2.74. The van der Waals surface area contributed by atoms with Crippen LogP contribution in [0.3, 0.4) is 0 Å². The van der Waals surface area contributed by atoms with Crippen LogP contribution in [0.15, 0.2) is 40.8 Å². The smallest absolute Gasteiger partial charge is 0.433 e. The summed E-state index contributed by atoms with van der Waals surface area (Å²) in [4.78, 5) is 44.8. The summed E-state index contributed by atoms with van der Waals surface area (Å²) in [5.41, 5.74) is 0.802. The van der Waals surface area contributed by atoms with E-state index in [1.807, 2.05) is 0 Å². The second-order valence-corrected chi connectivity index (χ2v) is 5.07. The van der Waals surface area contributed by atoms with Crippen LogP contribution in [0.5, 0.6) is 0 Å². The topological polar surface area (TPSA) is 129 Å². The third-order valence-corrected chi connectivity index (χ3v) is 3.12. The summed E-state index contributed by atoms with van der Waals surface area (Å²) in [6, 6.07) is 8.16. The fourth-order valence-electron chi connectivity index (χ4n) is 1.96. The number of hydrogen-bond acceptors (Lipinski definition) is 7. The van der Waals surface area contributed by atoms with Gasteiger partial charge in [0.05, 0.1) is 6.07 Å². The highest BCUT2D eigenvalue weighted by Crippen LogP contribution is 2.18. The zero-order valence-electron chi connectivity index (χ0n) is 13.3. The number of ketones is 1. The number of ether oxygens (including phenoxy) is 1. The highest BCUT2D eigenvalue weighted by atomic mass is 16.7. The lowest BCUT2D eigenvalue weighted by molar-refractivity contribution is -0.402. The van der Waals surface area contributed by atoms with Crippen LogP contribution in [0.25, 0.3) is 0 Å². The van der Waals surface area contributed by atoms with Gasteiger partial charge in [-0.1, -0.05) is 0 Å². The van der Waals surface area contributed by atoms with Crippen LogP contribution in [0.1, 0.15) is 34.8 Å². The minimum atomic E-state index is -1.12. The average molecular weight is 346 g/mol. The van der Waals surface area contributed by atoms with Crippen LogP contribution in [-0.4, -0.2) is 28.7 Å². The molecule has 2 aromatic rings. The van der Waals surface area contributed by atoms with Gasteiger partial charge in [0, 0.05) is 18.2 Å². The van der Waals surface area contributed by atoms with Gasteiger partial charge in [-0.3, -0.25) is 19.7 Å². The van der Waals surface area contributed by atoms with E-state index in [9.17, 15) is 24.5 Å². The number of carbonyl (C=O) groups is 3. The van der Waals surface area contributed by atoms with Crippen molar-refractivity contribution in [3.8, 4) is 0 Å². The van der Waals surface area contributed by atoms with Crippen molar-refractivity contribution in [2.24, 2.45) is 0 Å². The van der Waals surface area contributed by atoms with Crippen molar-refractivity contribution in [1.29, 1.82) is 0 Å². The number of nitrogens with one attached hydrogen (secondary N) is 1. The molecule has 1 N–H and O–H groups in total. The van der Waals surface area contributed by atoms with Gasteiger partial charge in [0.2, 0.25) is 17.5 Å². The van der Waals surface area contributed by atoms with E-state index in [2.05, 4.69) is 5.32 Å². The molecule has 0 aliphatic heterocycles. The van der Waals surface area contributed by atoms with E-state index in [4.69, 9.17) is 9.15 Å². The van der Waals surface area contributed by atoms with Crippen molar-refractivity contribution < 1.29 is 28.5 Å². The van der Waals surface area contributed by atoms with E-state index < -0.39 is 28.7 Å². The molecule has 0 bridgehead atoms. The second-order valence-electron chi connectivity index (χ2n) is 5.07. The van der Waals surface area contributed by atoms with Crippen LogP contribution in [-0.2, 0) is 9.53 Å². The van der Waals surface area contributed by atoms with Crippen molar-refractivity contribution in [2.45, 2.75) is 20.0 Å². The molecule has 1 amide bonds. The molecule has 1 aromatic carbocycles. The predicted octanol–water partition coefficient (Wildman–Crippen LogP) is 2.57. The first-order valence-corrected chi connectivity index (χ1v) is 7.15. The zero-order chi connectivity index (χ0) is 18.6. The second kappa shape index (κ2) is 7.39. The average Bonchev–Trinajstić information content (AvgIpc) is 3.04. The normalized spacial score (nSPS) is 11.4. The molecule has 9 nitrogen and oxygen atoms in total. The largest absolute Gasteiger partial charge is 0.448 e. The van der Waals surface area contributed by atoms with Crippen LogP contribution in [0.2, 0.25) is 0 Å². The van der Waals surface area contributed by atoms with E-state index in [1.165, 1.54) is 26.0 Å². The summed E-state index contributed by atoms with van der Waals surface area (Å²) >= 11 is 0. The molecular weight excluding hydrogens is 332 g/mol. The molecule has 2 rings (SSSR count). The number of esters is 1. The molecule has 0 radical (unpaired) electrons. The first-order chi connectivity index (χ1) is 11.8. The number of carbonyl (C=O) groups excluding carboxylic acids is 3. The van der Waals surface area contributed by atoms with Crippen LogP contribution in [0, 0.1) is 10.1 Å². The molecule has 0 fully saturated rings. The Morgan fingerprint density at radius 1 is 1.16 bits per heavy atom. The maximum atomic E-state index is 12.3. The molecule has 0 aliphatic carbocycles. The maximum absolute atomic E-state index is 12.3. The number of benzene rings is 1. The summed E-state index contributed by atoms with van der Waals surface area (Å²) in [5, 5.41) is 13.1. The Morgan fingerprint density at radius 3 is 2.32 bits per heavy atom. The monoisotopic (exact) mass is 346 g/mol. The number of amides is 1. The zero-order valence-corrected chi connectivity index (χ0v) is 13.3. The molecule has 1 aromatic heterocycles. The lowest BCUT2D eigenvalue weighted by Gasteiger charge is -2.11. The van der Waals surface area contributed by atoms with E-state index in [0.29, 0.717) is 5.69 Å². The molecule has 130 valence electrons. The molecule has 9 heteroatoms. The molecule has 1 heterocycles. The number of nitro groups is 1. The third-order valence-electron chi connectivity index (χ3n) is 3.12. The molecule has 0 spiro atoms. The Morgan fingerprint density at radius 2 is 1.80 bits per heavy atom. The Hall–Kier alpha value is -3.49. The van der Waals surface area contributed by atoms with E-state index >= 15 is 0 Å². The highest BCUT2D eigenvalue weighted by Gasteiger charge is 2.24. The van der Waals surface area contributed by atoms with Crippen LogP contribution in [0.4, 0.5) is 11.6 Å². The maximum Gasteiger partial charge on any atom is 0.433 e. The standard InChI is InChI=1S/C16H14N2O7/c1-9(24-16(21)13-7-8-14(25-13)18(22)23)15(20)11-3-5-12(6-4-11)17-10(2)19/h3-9H,1-2H3,(H,17,19)/t9-/m0/s1. The van der Waals surface area contributed by atoms with Crippen molar-refractivity contribution in [3.63, 3.8) is 0 Å². The SMILES string of the molecule is CC(=O)Nc1ccc(C(=O)[C@H](C)OC(=O)c2ccc([N+](=O)[O-])o2)cc1. The van der Waals surface area contributed by atoms with E-state index in [-0.39, 0.29) is 17.2 Å². The van der Waals surface area contributed by atoms with Gasteiger partial charge >= 0.3 is 11.9 Å². The number of hydrogen-bond donors (Lipinski definition) is 1. The van der Waals surface area contributed by atoms with Gasteiger partial charge in [0.1, 0.15) is 4.92 Å². The van der Waals surface area contributed by atoms with Crippen molar-refractivity contribution in [3.05, 3.63) is 57.8 Å². The van der Waals surface area contributed by atoms with E-state index in [1.54, 1.807) is 12.1 Å². The molecule has 25 heavy (non-hydrogen) atoms. The number of anilines is 1. The summed E-state index contributed by atoms with van der Waals surface area (Å²) in [5.74, 6) is -2.66. The first kappa shape index (κ1) is 17.9. The Labute approximate surface area is 141 Å². The number of furan rings is 1. The Bertz CT molecular complexity index is 823. The van der Waals surface area contributed by atoms with Gasteiger partial charge in [-0.15, -0.1) is 0 Å². The molecular formula is C16H14N2O7. The van der Waals surface area contributed by atoms with E-state index in [0.717, 1.165) is 12.1 Å². The summed E-state index contributed by atoms with van der Waals surface area (Å²) < 4.78 is 9.69. The Balaban J connectivity index is 2.02. The predicted molar refractivity (Wildman–Crippen MR) is 85.3 cm³/mol. The van der Waals surface area contributed by atoms with Gasteiger partial charge in [-0.25, -0.2) is 4.79 Å². The number of rotatable bonds is 6. The number of nitrogens with zero attached hydrogens (tertiary/aromatic N) is 1. The minimum absolute atomic E-state index is 0.242. The van der Waals surface area contributed by atoms with Crippen LogP contribution < -0.4 is 5.32 Å². The quantitative estimate of drug-likeness (QED) is 0.368. The molecule has 0 aliphatic rings. The van der Waals surface area contributed by atoms with Crippen molar-refractivity contribution in [2.75, 3.05) is 5.32 Å². The summed E-state index contributed by atoms with van der Waals surface area (Å²) in [6.07, 6.45) is -1.12. The molecule has 1 atom stereocenters. The molecule has 0 saturated heterocycles. The minimum Gasteiger partial charge on any atom is -0.448 e. The number of Topliss-reactive ketones (excluding diaryl/α,β-unsaturated/α-hetero) is 1. The van der Waals surface area contributed by atoms with Crippen molar-refractivity contribution >= 4 is 29.2 Å². The highest BCUT2D eigenvalue weighted by molar-refractivity contribution is 6.01.